The van der Waals surface area contributed by atoms with E-state index in [1.165, 1.54) is 0 Å². The minimum atomic E-state index is -2.15. The number of nitrogens with one attached hydrogen (secondary N) is 1. The van der Waals surface area contributed by atoms with Crippen molar-refractivity contribution < 1.29 is 18.4 Å². The lowest BCUT2D eigenvalue weighted by Crippen LogP contribution is -2.51. The van der Waals surface area contributed by atoms with Crippen molar-refractivity contribution in [2.45, 2.75) is 13.3 Å². The van der Waals surface area contributed by atoms with E-state index < -0.39 is 11.3 Å². The molecule has 1 atom stereocenters. The highest BCUT2D eigenvalue weighted by molar-refractivity contribution is 7.80. The van der Waals surface area contributed by atoms with Gasteiger partial charge >= 0.3 is 0 Å². The van der Waals surface area contributed by atoms with E-state index in [-0.39, 0.29) is 11.8 Å². The first-order valence-corrected chi connectivity index (χ1v) is 10.1. The maximum absolute atomic E-state index is 12.7. The van der Waals surface area contributed by atoms with Gasteiger partial charge in [0.05, 0.1) is 12.1 Å². The second-order valence-corrected chi connectivity index (χ2v) is 7.42. The quantitative estimate of drug-likeness (QED) is 0.751. The second kappa shape index (κ2) is 8.99. The lowest BCUT2D eigenvalue weighted by molar-refractivity contribution is -0.131. The van der Waals surface area contributed by atoms with Crippen molar-refractivity contribution in [1.82, 2.24) is 9.80 Å². The molecule has 0 aliphatic carbocycles. The SMILES string of the molecule is Cc1cc(C(=O)N2CCN(C(=O)Cc3ccccc3)CC2)ccc1NS(=O)O. The van der Waals surface area contributed by atoms with Gasteiger partial charge in [-0.2, -0.15) is 0 Å². The van der Waals surface area contributed by atoms with Gasteiger partial charge < -0.3 is 9.80 Å². The highest BCUT2D eigenvalue weighted by atomic mass is 32.2. The molecule has 0 aromatic heterocycles. The summed E-state index contributed by atoms with van der Waals surface area (Å²) >= 11 is -2.15. The number of carbonyl (C=O) groups excluding carboxylic acids is 2. The van der Waals surface area contributed by atoms with Gasteiger partial charge in [-0.15, -0.1) is 0 Å². The average Bonchev–Trinajstić information content (AvgIpc) is 2.69. The third-order valence-electron chi connectivity index (χ3n) is 4.79. The van der Waals surface area contributed by atoms with Crippen LogP contribution < -0.4 is 4.72 Å². The standard InChI is InChI=1S/C20H23N3O4S/c1-15-13-17(7-8-18(15)21-28(26)27)20(25)23-11-9-22(10-12-23)19(24)14-16-5-3-2-4-6-16/h2-8,13,21H,9-12,14H2,1H3,(H,26,27). The van der Waals surface area contributed by atoms with Crippen LogP contribution in [0.5, 0.6) is 0 Å². The fourth-order valence-electron chi connectivity index (χ4n) is 3.23. The van der Waals surface area contributed by atoms with Crippen LogP contribution in [-0.2, 0) is 22.5 Å². The zero-order valence-corrected chi connectivity index (χ0v) is 16.4. The molecule has 3 rings (SSSR count). The predicted molar refractivity (Wildman–Crippen MR) is 108 cm³/mol. The smallest absolute Gasteiger partial charge is 0.259 e. The van der Waals surface area contributed by atoms with Crippen LogP contribution in [0.25, 0.3) is 0 Å². The van der Waals surface area contributed by atoms with E-state index in [9.17, 15) is 13.8 Å². The van der Waals surface area contributed by atoms with E-state index >= 15 is 0 Å². The number of piperazine rings is 1. The molecule has 2 N–H and O–H groups in total. The van der Waals surface area contributed by atoms with Crippen LogP contribution in [0.2, 0.25) is 0 Å². The Bertz CT molecular complexity index is 880. The molecular weight excluding hydrogens is 378 g/mol. The summed E-state index contributed by atoms with van der Waals surface area (Å²) in [5.41, 5.74) is 2.73. The summed E-state index contributed by atoms with van der Waals surface area (Å²) in [6.45, 7) is 3.77. The summed E-state index contributed by atoms with van der Waals surface area (Å²) in [7, 11) is 0. The van der Waals surface area contributed by atoms with Gasteiger partial charge in [0, 0.05) is 31.7 Å². The van der Waals surface area contributed by atoms with Gasteiger partial charge in [-0.05, 0) is 36.2 Å². The molecule has 2 aromatic rings. The molecule has 2 amide bonds. The van der Waals surface area contributed by atoms with E-state index in [2.05, 4.69) is 4.72 Å². The van der Waals surface area contributed by atoms with Crippen LogP contribution >= 0.6 is 0 Å². The number of nitrogens with zero attached hydrogens (tertiary/aromatic N) is 2. The Morgan fingerprint density at radius 1 is 1.04 bits per heavy atom. The van der Waals surface area contributed by atoms with E-state index in [1.54, 1.807) is 34.9 Å². The molecule has 0 bridgehead atoms. The summed E-state index contributed by atoms with van der Waals surface area (Å²) < 4.78 is 22.2. The molecule has 1 saturated heterocycles. The summed E-state index contributed by atoms with van der Waals surface area (Å²) in [5, 5.41) is 0. The highest BCUT2D eigenvalue weighted by Crippen LogP contribution is 2.19. The molecule has 148 valence electrons. The molecule has 7 nitrogen and oxygen atoms in total. The van der Waals surface area contributed by atoms with Crippen LogP contribution in [-0.4, -0.2) is 56.6 Å². The zero-order valence-electron chi connectivity index (χ0n) is 15.6. The average molecular weight is 401 g/mol. The first-order chi connectivity index (χ1) is 13.4. The first-order valence-electron chi connectivity index (χ1n) is 9.03. The Morgan fingerprint density at radius 3 is 2.29 bits per heavy atom. The van der Waals surface area contributed by atoms with Crippen LogP contribution in [0.1, 0.15) is 21.5 Å². The van der Waals surface area contributed by atoms with Gasteiger partial charge in [-0.1, -0.05) is 30.3 Å². The van der Waals surface area contributed by atoms with Crippen LogP contribution in [0.4, 0.5) is 5.69 Å². The Hall–Kier alpha value is -2.71. The Balaban J connectivity index is 1.57. The van der Waals surface area contributed by atoms with Crippen LogP contribution in [0.15, 0.2) is 48.5 Å². The van der Waals surface area contributed by atoms with Gasteiger partial charge in [0.25, 0.3) is 17.2 Å². The van der Waals surface area contributed by atoms with Gasteiger partial charge in [0.2, 0.25) is 5.91 Å². The monoisotopic (exact) mass is 401 g/mol. The third-order valence-corrected chi connectivity index (χ3v) is 5.18. The fourth-order valence-corrected chi connectivity index (χ4v) is 3.65. The minimum Gasteiger partial charge on any atom is -0.339 e. The molecule has 0 radical (unpaired) electrons. The highest BCUT2D eigenvalue weighted by Gasteiger charge is 2.25. The lowest BCUT2D eigenvalue weighted by Gasteiger charge is -2.35. The third kappa shape index (κ3) is 4.96. The van der Waals surface area contributed by atoms with Crippen molar-refractivity contribution in [3.05, 3.63) is 65.2 Å². The van der Waals surface area contributed by atoms with Crippen molar-refractivity contribution in [3.8, 4) is 0 Å². The summed E-state index contributed by atoms with van der Waals surface area (Å²) in [6.07, 6.45) is 0.370. The van der Waals surface area contributed by atoms with Crippen molar-refractivity contribution in [2.24, 2.45) is 0 Å². The molecule has 1 heterocycles. The van der Waals surface area contributed by atoms with Crippen molar-refractivity contribution in [1.29, 1.82) is 0 Å². The number of aryl methyl sites for hydroxylation is 1. The molecule has 0 spiro atoms. The molecular formula is C20H23N3O4S. The largest absolute Gasteiger partial charge is 0.339 e. The van der Waals surface area contributed by atoms with E-state index in [0.29, 0.717) is 49.4 Å². The summed E-state index contributed by atoms with van der Waals surface area (Å²) in [6, 6.07) is 14.6. The molecule has 2 aromatic carbocycles. The van der Waals surface area contributed by atoms with Gasteiger partial charge in [-0.3, -0.25) is 18.9 Å². The van der Waals surface area contributed by atoms with Gasteiger partial charge in [0.15, 0.2) is 0 Å². The van der Waals surface area contributed by atoms with Gasteiger partial charge in [0.1, 0.15) is 0 Å². The number of rotatable bonds is 5. The molecule has 1 aliphatic rings. The normalized spacial score (nSPS) is 15.2. The van der Waals surface area contributed by atoms with Crippen LogP contribution in [0, 0.1) is 6.92 Å². The minimum absolute atomic E-state index is 0.0709. The van der Waals surface area contributed by atoms with Crippen LogP contribution in [0.3, 0.4) is 0 Å². The number of carbonyl (C=O) groups is 2. The van der Waals surface area contributed by atoms with E-state index in [1.807, 2.05) is 30.3 Å². The maximum atomic E-state index is 12.7. The number of anilines is 1. The number of hydrogen-bond acceptors (Lipinski definition) is 3. The maximum Gasteiger partial charge on any atom is 0.259 e. The van der Waals surface area contributed by atoms with E-state index in [0.717, 1.165) is 5.56 Å². The lowest BCUT2D eigenvalue weighted by atomic mass is 10.1. The molecule has 0 saturated carbocycles. The Labute approximate surface area is 166 Å². The summed E-state index contributed by atoms with van der Waals surface area (Å²) in [5.74, 6) is -0.0310. The molecule has 1 fully saturated rings. The Kier molecular flexibility index (Phi) is 6.43. The van der Waals surface area contributed by atoms with Gasteiger partial charge in [-0.25, -0.2) is 4.21 Å². The van der Waals surface area contributed by atoms with E-state index in [4.69, 9.17) is 4.55 Å². The first kappa shape index (κ1) is 20.0. The predicted octanol–water partition coefficient (Wildman–Crippen LogP) is 2.07. The van der Waals surface area contributed by atoms with Crippen molar-refractivity contribution in [2.75, 3.05) is 30.9 Å². The van der Waals surface area contributed by atoms with Crippen molar-refractivity contribution in [3.63, 3.8) is 0 Å². The number of amides is 2. The number of hydrogen-bond donors (Lipinski definition) is 2. The topological polar surface area (TPSA) is 90.0 Å². The summed E-state index contributed by atoms with van der Waals surface area (Å²) in [4.78, 5) is 28.7. The zero-order chi connectivity index (χ0) is 20.1. The van der Waals surface area contributed by atoms with Crippen molar-refractivity contribution >= 4 is 28.8 Å². The molecule has 1 unspecified atom stereocenters. The Morgan fingerprint density at radius 2 is 1.68 bits per heavy atom. The second-order valence-electron chi connectivity index (χ2n) is 6.72. The molecule has 8 heteroatoms. The number of benzene rings is 2. The fraction of sp³-hybridized carbons (Fsp3) is 0.300. The molecule has 28 heavy (non-hydrogen) atoms. The molecule has 1 aliphatic heterocycles.